The largest absolute Gasteiger partial charge is 0.508 e. The lowest BCUT2D eigenvalue weighted by Gasteiger charge is -2.30. The van der Waals surface area contributed by atoms with E-state index in [2.05, 4.69) is 10.6 Å². The molecule has 11 nitrogen and oxygen atoms in total. The van der Waals surface area contributed by atoms with E-state index in [0.29, 0.717) is 11.3 Å². The maximum Gasteiger partial charge on any atom is 0.262 e. The van der Waals surface area contributed by atoms with Gasteiger partial charge in [-0.15, -0.1) is 0 Å². The molecule has 0 spiro atoms. The number of nitrogens with one attached hydrogen (secondary N) is 2. The summed E-state index contributed by atoms with van der Waals surface area (Å²) < 4.78 is 13.5. The van der Waals surface area contributed by atoms with Gasteiger partial charge in [-0.1, -0.05) is 27.7 Å². The number of carbonyl (C=O) groups excluding carboxylic acids is 4. The lowest BCUT2D eigenvalue weighted by Crippen LogP contribution is -2.49. The van der Waals surface area contributed by atoms with Crippen LogP contribution >= 0.6 is 7.37 Å². The molecular weight excluding hydrogens is 525 g/mol. The third-order valence-electron chi connectivity index (χ3n) is 6.55. The third-order valence-corrected chi connectivity index (χ3v) is 8.29. The minimum absolute atomic E-state index is 0.0296. The zero-order chi connectivity index (χ0) is 29.2. The monoisotopic (exact) mass is 561 g/mol. The number of imide groups is 1. The number of likely N-dealkylation sites (N-methyl/N-ethyl adjacent to an activating group) is 1. The number of hydrogen-bond acceptors (Lipinski definition) is 7. The Kier molecular flexibility index (Phi) is 9.08. The zero-order valence-electron chi connectivity index (χ0n) is 22.7. The molecule has 3 atom stereocenters. The first-order valence-corrected chi connectivity index (χ1v) is 14.8. The van der Waals surface area contributed by atoms with Crippen molar-refractivity contribution in [2.75, 3.05) is 19.5 Å². The van der Waals surface area contributed by atoms with Gasteiger partial charge in [-0.3, -0.25) is 28.6 Å². The summed E-state index contributed by atoms with van der Waals surface area (Å²) in [5.74, 6) is -4.11. The van der Waals surface area contributed by atoms with E-state index >= 15 is 0 Å². The zero-order valence-corrected chi connectivity index (χ0v) is 23.6. The van der Waals surface area contributed by atoms with E-state index < -0.39 is 49.5 Å². The van der Waals surface area contributed by atoms with Gasteiger partial charge in [0.2, 0.25) is 19.2 Å². The van der Waals surface area contributed by atoms with Crippen molar-refractivity contribution in [3.63, 3.8) is 0 Å². The van der Waals surface area contributed by atoms with E-state index in [1.807, 2.05) is 27.7 Å². The molecule has 212 valence electrons. The molecule has 3 rings (SSSR count). The van der Waals surface area contributed by atoms with Crippen LogP contribution in [0.4, 0.5) is 0 Å². The summed E-state index contributed by atoms with van der Waals surface area (Å²) in [6.45, 7) is 7.50. The molecule has 4 amide bonds. The van der Waals surface area contributed by atoms with Gasteiger partial charge in [-0.25, -0.2) is 0 Å². The molecule has 0 saturated heterocycles. The van der Waals surface area contributed by atoms with Gasteiger partial charge >= 0.3 is 0 Å². The Labute approximate surface area is 227 Å². The van der Waals surface area contributed by atoms with Crippen LogP contribution in [0.3, 0.4) is 0 Å². The minimum atomic E-state index is -4.32. The molecule has 0 aromatic heterocycles. The molecule has 0 radical (unpaired) electrons. The van der Waals surface area contributed by atoms with Crippen molar-refractivity contribution < 1.29 is 38.8 Å². The highest BCUT2D eigenvalue weighted by Crippen LogP contribution is 2.46. The summed E-state index contributed by atoms with van der Waals surface area (Å²) in [6, 6.07) is 4.11. The molecule has 39 heavy (non-hydrogen) atoms. The highest BCUT2D eigenvalue weighted by Gasteiger charge is 2.40. The van der Waals surface area contributed by atoms with Crippen molar-refractivity contribution in [3.8, 4) is 11.5 Å². The molecule has 1 aliphatic rings. The maximum absolute atomic E-state index is 13.5. The number of aromatic hydroxyl groups is 2. The molecule has 2 aromatic carbocycles. The highest BCUT2D eigenvalue weighted by molar-refractivity contribution is 7.58. The van der Waals surface area contributed by atoms with Crippen LogP contribution in [0, 0.1) is 17.8 Å². The predicted octanol–water partition coefficient (Wildman–Crippen LogP) is 3.01. The Morgan fingerprint density at radius 1 is 0.897 bits per heavy atom. The van der Waals surface area contributed by atoms with E-state index in [4.69, 9.17) is 0 Å². The molecule has 0 aliphatic carbocycles. The first-order valence-electron chi connectivity index (χ1n) is 12.8. The van der Waals surface area contributed by atoms with Gasteiger partial charge in [0, 0.05) is 24.5 Å². The third kappa shape index (κ3) is 6.96. The van der Waals surface area contributed by atoms with Gasteiger partial charge in [0.1, 0.15) is 23.8 Å². The average molecular weight is 562 g/mol. The van der Waals surface area contributed by atoms with Gasteiger partial charge in [-0.05, 0) is 54.3 Å². The topological polar surface area (TPSA) is 173 Å². The van der Waals surface area contributed by atoms with E-state index in [1.54, 1.807) is 0 Å². The molecule has 2 unspecified atom stereocenters. The first kappa shape index (κ1) is 30.1. The minimum Gasteiger partial charge on any atom is -0.508 e. The molecule has 1 aliphatic heterocycles. The second-order valence-electron chi connectivity index (χ2n) is 10.9. The Bertz CT molecular complexity index is 1300. The summed E-state index contributed by atoms with van der Waals surface area (Å²) in [7, 11) is -2.86. The summed E-state index contributed by atoms with van der Waals surface area (Å²) in [5, 5.41) is 25.9. The number of phenolic OH excluding ortho intramolecular Hbond substituents is 2. The van der Waals surface area contributed by atoms with Crippen LogP contribution in [0.5, 0.6) is 11.5 Å². The summed E-state index contributed by atoms with van der Waals surface area (Å²) in [5.41, 5.74) is -0.0867. The van der Waals surface area contributed by atoms with E-state index in [-0.39, 0.29) is 57.6 Å². The fourth-order valence-electron chi connectivity index (χ4n) is 4.96. The fourth-order valence-corrected chi connectivity index (χ4v) is 6.77. The second kappa shape index (κ2) is 11.8. The number of benzene rings is 2. The molecule has 5 N–H and O–H groups in total. The Morgan fingerprint density at radius 2 is 1.41 bits per heavy atom. The maximum atomic E-state index is 13.5. The van der Waals surface area contributed by atoms with Crippen molar-refractivity contribution in [2.45, 2.75) is 46.6 Å². The standard InChI is InChI=1S/C27H36N3O8P/c1-14(2)6-17(24(33)29-22(7-15(3)4)25(34)28-5)12-39(37,38)13-30-26(35)20-10-18(31)8-16-9-19(32)11-21(23(16)20)27(30)36/h8-11,14-15,17,22,31-32H,6-7,12-13H2,1-5H3,(H,28,34)(H,29,33)(H,37,38)/t17?,22-/m0/s1. The van der Waals surface area contributed by atoms with Crippen LogP contribution in [-0.4, -0.2) is 69.2 Å². The molecule has 2 aromatic rings. The average Bonchev–Trinajstić information content (AvgIpc) is 2.82. The van der Waals surface area contributed by atoms with E-state index in [9.17, 15) is 38.8 Å². The summed E-state index contributed by atoms with van der Waals surface area (Å²) in [4.78, 5) is 63.7. The molecular formula is C27H36N3O8P. The summed E-state index contributed by atoms with van der Waals surface area (Å²) in [6.07, 6.45) is -0.759. The molecule has 12 heteroatoms. The van der Waals surface area contributed by atoms with Crippen LogP contribution in [0.15, 0.2) is 24.3 Å². The van der Waals surface area contributed by atoms with Crippen LogP contribution in [0.1, 0.15) is 61.3 Å². The normalized spacial score (nSPS) is 16.4. The SMILES string of the molecule is CNC(=O)[C@H](CC(C)C)NC(=O)C(CC(C)C)CP(=O)(O)CN1C(=O)c2cc(O)cc3cc(O)cc(c23)C1=O. The molecule has 0 bridgehead atoms. The second-order valence-corrected chi connectivity index (χ2v) is 13.3. The lowest BCUT2D eigenvalue weighted by molar-refractivity contribution is -0.131. The Morgan fingerprint density at radius 3 is 1.87 bits per heavy atom. The number of nitrogens with zero attached hydrogens (tertiary/aromatic N) is 1. The Hall–Kier alpha value is -3.43. The molecule has 0 fully saturated rings. The van der Waals surface area contributed by atoms with Crippen molar-refractivity contribution in [2.24, 2.45) is 17.8 Å². The van der Waals surface area contributed by atoms with Gasteiger partial charge in [0.15, 0.2) is 0 Å². The van der Waals surface area contributed by atoms with E-state index in [1.165, 1.54) is 19.2 Å². The van der Waals surface area contributed by atoms with Crippen LogP contribution in [0.25, 0.3) is 10.8 Å². The van der Waals surface area contributed by atoms with E-state index in [0.717, 1.165) is 12.1 Å². The quantitative estimate of drug-likeness (QED) is 0.206. The number of phenols is 2. The lowest BCUT2D eigenvalue weighted by atomic mass is 9.93. The van der Waals surface area contributed by atoms with Crippen molar-refractivity contribution in [1.29, 1.82) is 0 Å². The van der Waals surface area contributed by atoms with Crippen LogP contribution < -0.4 is 10.6 Å². The number of rotatable bonds is 11. The van der Waals surface area contributed by atoms with Gasteiger partial charge in [-0.2, -0.15) is 0 Å². The number of carbonyl (C=O) groups is 4. The summed E-state index contributed by atoms with van der Waals surface area (Å²) >= 11 is 0. The number of amides is 4. The number of hydrogen-bond donors (Lipinski definition) is 5. The van der Waals surface area contributed by atoms with Crippen molar-refractivity contribution in [3.05, 3.63) is 35.4 Å². The fraction of sp³-hybridized carbons (Fsp3) is 0.481. The predicted molar refractivity (Wildman–Crippen MR) is 146 cm³/mol. The van der Waals surface area contributed by atoms with Gasteiger partial charge < -0.3 is 25.7 Å². The Balaban J connectivity index is 1.88. The highest BCUT2D eigenvalue weighted by atomic mass is 31.2. The van der Waals surface area contributed by atoms with Crippen LogP contribution in [0.2, 0.25) is 0 Å². The molecule has 1 heterocycles. The van der Waals surface area contributed by atoms with Crippen molar-refractivity contribution in [1.82, 2.24) is 15.5 Å². The van der Waals surface area contributed by atoms with Crippen molar-refractivity contribution >= 4 is 41.8 Å². The first-order chi connectivity index (χ1) is 18.1. The smallest absolute Gasteiger partial charge is 0.262 e. The van der Waals surface area contributed by atoms with Gasteiger partial charge in [0.05, 0.1) is 11.1 Å². The molecule has 0 saturated carbocycles. The van der Waals surface area contributed by atoms with Gasteiger partial charge in [0.25, 0.3) is 11.8 Å². The van der Waals surface area contributed by atoms with Crippen LogP contribution in [-0.2, 0) is 14.2 Å².